The largest absolute Gasteiger partial charge is 0.289 e. The fraction of sp³-hybridized carbons (Fsp3) is 0.0952. The molecule has 0 fully saturated rings. The maximum atomic E-state index is 13.0. The quantitative estimate of drug-likeness (QED) is 0.583. The highest BCUT2D eigenvalue weighted by Gasteiger charge is 2.14. The molecule has 1 amide bonds. The SMILES string of the molecule is CN(NC(=O)Cc1ccc(NS(=O)(=O)c2ccc(F)cc2)cc1)c1ccccc1. The third kappa shape index (κ3) is 5.55. The van der Waals surface area contributed by atoms with Crippen LogP contribution in [0.1, 0.15) is 5.56 Å². The molecule has 0 aromatic heterocycles. The number of halogens is 1. The summed E-state index contributed by atoms with van der Waals surface area (Å²) in [7, 11) is -2.06. The van der Waals surface area contributed by atoms with Gasteiger partial charge in [-0.2, -0.15) is 0 Å². The number of anilines is 2. The Morgan fingerprint density at radius 2 is 1.55 bits per heavy atom. The first-order valence-corrected chi connectivity index (χ1v) is 10.3. The van der Waals surface area contributed by atoms with E-state index in [1.54, 1.807) is 36.3 Å². The molecule has 0 aliphatic rings. The Bertz CT molecular complexity index is 1070. The number of para-hydroxylation sites is 1. The van der Waals surface area contributed by atoms with Crippen molar-refractivity contribution in [3.63, 3.8) is 0 Å². The number of hydrogen-bond donors (Lipinski definition) is 2. The number of sulfonamides is 1. The zero-order chi connectivity index (χ0) is 20.9. The summed E-state index contributed by atoms with van der Waals surface area (Å²) in [6.07, 6.45) is 0.141. The topological polar surface area (TPSA) is 78.5 Å². The third-order valence-corrected chi connectivity index (χ3v) is 5.53. The minimum Gasteiger partial charge on any atom is -0.289 e. The molecule has 0 atom stereocenters. The van der Waals surface area contributed by atoms with Crippen LogP contribution in [0.2, 0.25) is 0 Å². The Hall–Kier alpha value is -3.39. The molecule has 0 heterocycles. The standard InChI is InChI=1S/C21H20FN3O3S/c1-25(19-5-3-2-4-6-19)23-21(26)15-16-7-11-18(12-8-16)24-29(27,28)20-13-9-17(22)10-14-20/h2-14,24H,15H2,1H3,(H,23,26). The van der Waals surface area contributed by atoms with Crippen molar-refractivity contribution in [1.29, 1.82) is 0 Å². The summed E-state index contributed by atoms with van der Waals surface area (Å²) >= 11 is 0. The molecule has 8 heteroatoms. The van der Waals surface area contributed by atoms with Crippen LogP contribution in [0.25, 0.3) is 0 Å². The molecular formula is C21H20FN3O3S. The van der Waals surface area contributed by atoms with E-state index in [1.165, 1.54) is 12.1 Å². The van der Waals surface area contributed by atoms with Gasteiger partial charge in [0.2, 0.25) is 5.91 Å². The molecule has 3 aromatic rings. The summed E-state index contributed by atoms with van der Waals surface area (Å²) < 4.78 is 40.1. The molecule has 0 saturated carbocycles. The third-order valence-electron chi connectivity index (χ3n) is 4.13. The van der Waals surface area contributed by atoms with E-state index in [2.05, 4.69) is 10.1 Å². The van der Waals surface area contributed by atoms with Crippen LogP contribution in [0.3, 0.4) is 0 Å². The number of carbonyl (C=O) groups is 1. The Labute approximate surface area is 169 Å². The van der Waals surface area contributed by atoms with Gasteiger partial charge in [0.1, 0.15) is 5.82 Å². The lowest BCUT2D eigenvalue weighted by molar-refractivity contribution is -0.120. The minimum absolute atomic E-state index is 0.0358. The molecule has 29 heavy (non-hydrogen) atoms. The van der Waals surface area contributed by atoms with Crippen LogP contribution < -0.4 is 15.2 Å². The van der Waals surface area contributed by atoms with Crippen LogP contribution in [0.15, 0.2) is 83.8 Å². The van der Waals surface area contributed by atoms with Crippen LogP contribution in [0.4, 0.5) is 15.8 Å². The molecule has 150 valence electrons. The lowest BCUT2D eigenvalue weighted by Crippen LogP contribution is -2.40. The lowest BCUT2D eigenvalue weighted by atomic mass is 10.1. The van der Waals surface area contributed by atoms with Crippen LogP contribution in [-0.4, -0.2) is 21.4 Å². The number of benzene rings is 3. The summed E-state index contributed by atoms with van der Waals surface area (Å²) in [5.74, 6) is -0.708. The van der Waals surface area contributed by atoms with Crippen LogP contribution in [0.5, 0.6) is 0 Å². The van der Waals surface area contributed by atoms with Gasteiger partial charge in [-0.25, -0.2) is 12.8 Å². The first kappa shape index (κ1) is 20.3. The van der Waals surface area contributed by atoms with Gasteiger partial charge in [-0.15, -0.1) is 0 Å². The summed E-state index contributed by atoms with van der Waals surface area (Å²) in [5, 5.41) is 1.63. The predicted octanol–water partition coefficient (Wildman–Crippen LogP) is 3.34. The number of nitrogens with zero attached hydrogens (tertiary/aromatic N) is 1. The summed E-state index contributed by atoms with van der Waals surface area (Å²) in [6.45, 7) is 0. The van der Waals surface area contributed by atoms with Crippen LogP contribution >= 0.6 is 0 Å². The molecular weight excluding hydrogens is 393 g/mol. The van der Waals surface area contributed by atoms with Gasteiger partial charge >= 0.3 is 0 Å². The molecule has 2 N–H and O–H groups in total. The van der Waals surface area contributed by atoms with Crippen molar-refractivity contribution in [2.24, 2.45) is 0 Å². The predicted molar refractivity (Wildman–Crippen MR) is 110 cm³/mol. The van der Waals surface area contributed by atoms with Crippen molar-refractivity contribution in [3.8, 4) is 0 Å². The molecule has 3 aromatic carbocycles. The van der Waals surface area contributed by atoms with Gasteiger partial charge in [0.25, 0.3) is 10.0 Å². The van der Waals surface area contributed by atoms with E-state index < -0.39 is 15.8 Å². The lowest BCUT2D eigenvalue weighted by Gasteiger charge is -2.20. The van der Waals surface area contributed by atoms with Gasteiger partial charge in [0.15, 0.2) is 0 Å². The van der Waals surface area contributed by atoms with E-state index in [0.29, 0.717) is 5.69 Å². The zero-order valence-corrected chi connectivity index (χ0v) is 16.5. The van der Waals surface area contributed by atoms with Crippen molar-refractivity contribution in [3.05, 3.63) is 90.2 Å². The molecule has 0 aliphatic carbocycles. The fourth-order valence-corrected chi connectivity index (χ4v) is 3.71. The Morgan fingerprint density at radius 1 is 0.931 bits per heavy atom. The molecule has 0 bridgehead atoms. The molecule has 0 unspecified atom stereocenters. The highest BCUT2D eigenvalue weighted by atomic mass is 32.2. The fourth-order valence-electron chi connectivity index (χ4n) is 2.65. The molecule has 0 aliphatic heterocycles. The maximum absolute atomic E-state index is 13.0. The average Bonchev–Trinajstić information content (AvgIpc) is 2.70. The van der Waals surface area contributed by atoms with Gasteiger partial charge in [-0.3, -0.25) is 20.0 Å². The molecule has 6 nitrogen and oxygen atoms in total. The second-order valence-electron chi connectivity index (χ2n) is 6.36. The first-order valence-electron chi connectivity index (χ1n) is 8.79. The number of hydrazine groups is 1. The van der Waals surface area contributed by atoms with E-state index in [4.69, 9.17) is 0 Å². The van der Waals surface area contributed by atoms with E-state index in [0.717, 1.165) is 23.4 Å². The highest BCUT2D eigenvalue weighted by Crippen LogP contribution is 2.17. The Balaban J connectivity index is 1.60. The second-order valence-corrected chi connectivity index (χ2v) is 8.05. The highest BCUT2D eigenvalue weighted by molar-refractivity contribution is 7.92. The molecule has 0 spiro atoms. The van der Waals surface area contributed by atoms with Crippen molar-refractivity contribution in [2.75, 3.05) is 16.8 Å². The summed E-state index contributed by atoms with van der Waals surface area (Å²) in [6, 6.07) is 20.5. The average molecular weight is 413 g/mol. The number of nitrogens with one attached hydrogen (secondary N) is 2. The molecule has 0 radical (unpaired) electrons. The Morgan fingerprint density at radius 3 is 2.17 bits per heavy atom. The number of carbonyl (C=O) groups excluding carboxylic acids is 1. The van der Waals surface area contributed by atoms with Crippen molar-refractivity contribution < 1.29 is 17.6 Å². The van der Waals surface area contributed by atoms with E-state index in [9.17, 15) is 17.6 Å². The monoisotopic (exact) mass is 413 g/mol. The zero-order valence-electron chi connectivity index (χ0n) is 15.7. The van der Waals surface area contributed by atoms with Gasteiger partial charge in [-0.1, -0.05) is 30.3 Å². The first-order chi connectivity index (χ1) is 13.8. The van der Waals surface area contributed by atoms with Gasteiger partial charge in [0, 0.05) is 12.7 Å². The second kappa shape index (κ2) is 8.74. The maximum Gasteiger partial charge on any atom is 0.261 e. The van der Waals surface area contributed by atoms with E-state index >= 15 is 0 Å². The van der Waals surface area contributed by atoms with Crippen molar-refractivity contribution in [1.82, 2.24) is 5.43 Å². The van der Waals surface area contributed by atoms with Crippen molar-refractivity contribution in [2.45, 2.75) is 11.3 Å². The number of rotatable bonds is 7. The van der Waals surface area contributed by atoms with Crippen LogP contribution in [-0.2, 0) is 21.2 Å². The van der Waals surface area contributed by atoms with E-state index in [-0.39, 0.29) is 17.2 Å². The molecule has 0 saturated heterocycles. The number of amides is 1. The van der Waals surface area contributed by atoms with Gasteiger partial charge < -0.3 is 0 Å². The van der Waals surface area contributed by atoms with Gasteiger partial charge in [-0.05, 0) is 54.1 Å². The normalized spacial score (nSPS) is 11.0. The van der Waals surface area contributed by atoms with E-state index in [1.807, 2.05) is 30.3 Å². The van der Waals surface area contributed by atoms with Crippen LogP contribution in [0, 0.1) is 5.82 Å². The Kier molecular flexibility index (Phi) is 6.13. The summed E-state index contributed by atoms with van der Waals surface area (Å²) in [4.78, 5) is 12.2. The summed E-state index contributed by atoms with van der Waals surface area (Å²) in [5.41, 5.74) is 4.71. The molecule has 3 rings (SSSR count). The minimum atomic E-state index is -3.82. The number of hydrogen-bond acceptors (Lipinski definition) is 4. The smallest absolute Gasteiger partial charge is 0.261 e. The van der Waals surface area contributed by atoms with Gasteiger partial charge in [0.05, 0.1) is 17.0 Å². The van der Waals surface area contributed by atoms with Crippen molar-refractivity contribution >= 4 is 27.3 Å².